The van der Waals surface area contributed by atoms with Crippen LogP contribution in [0.25, 0.3) is 0 Å². The predicted molar refractivity (Wildman–Crippen MR) is 66.5 cm³/mol. The van der Waals surface area contributed by atoms with Crippen LogP contribution in [0.15, 0.2) is 24.3 Å². The Balaban J connectivity index is 1.93. The number of hydrogen-bond donors (Lipinski definition) is 2. The topological polar surface area (TPSA) is 50.4 Å². The Morgan fingerprint density at radius 1 is 1.30 bits per heavy atom. The minimum Gasteiger partial charge on any atom is -0.406 e. The number of piperidine rings is 1. The van der Waals surface area contributed by atoms with Gasteiger partial charge in [0.15, 0.2) is 0 Å². The second-order valence-electron chi connectivity index (χ2n) is 4.59. The zero-order valence-electron chi connectivity index (χ0n) is 10.7. The van der Waals surface area contributed by atoms with Crippen LogP contribution in [0.2, 0.25) is 0 Å². The lowest BCUT2D eigenvalue weighted by Gasteiger charge is -2.23. The highest BCUT2D eigenvalue weighted by Gasteiger charge is 2.31. The fourth-order valence-corrected chi connectivity index (χ4v) is 2.05. The largest absolute Gasteiger partial charge is 0.573 e. The molecule has 2 rings (SSSR count). The Bertz CT molecular complexity index is 454. The number of carbonyl (C=O) groups excluding carboxylic acids is 1. The van der Waals surface area contributed by atoms with Crippen molar-refractivity contribution in [3.05, 3.63) is 29.8 Å². The predicted octanol–water partition coefficient (Wildman–Crippen LogP) is 2.07. The van der Waals surface area contributed by atoms with Gasteiger partial charge < -0.3 is 15.4 Å². The molecule has 1 aliphatic heterocycles. The molecule has 7 heteroatoms. The molecule has 1 atom stereocenters. The molecule has 0 spiro atoms. The fraction of sp³-hybridized carbons (Fsp3) is 0.462. The van der Waals surface area contributed by atoms with Crippen LogP contribution in [0.4, 0.5) is 13.2 Å². The molecule has 1 aromatic carbocycles. The average molecular weight is 288 g/mol. The first-order valence-corrected chi connectivity index (χ1v) is 6.31. The van der Waals surface area contributed by atoms with Gasteiger partial charge in [-0.3, -0.25) is 4.79 Å². The maximum absolute atomic E-state index is 12.0. The molecule has 4 nitrogen and oxygen atoms in total. The van der Waals surface area contributed by atoms with Crippen molar-refractivity contribution in [3.8, 4) is 5.75 Å². The van der Waals surface area contributed by atoms with Crippen LogP contribution < -0.4 is 15.4 Å². The fourth-order valence-electron chi connectivity index (χ4n) is 2.05. The molecular formula is C13H15F3N2O2. The third-order valence-corrected chi connectivity index (χ3v) is 2.98. The summed E-state index contributed by atoms with van der Waals surface area (Å²) in [6, 6.07) is 4.94. The quantitative estimate of drug-likeness (QED) is 0.895. The average Bonchev–Trinajstić information content (AvgIpc) is 2.39. The SMILES string of the molecule is O=C(N[C@@H]1CCCNC1)c1ccc(OC(F)(F)F)cc1. The number of ether oxygens (including phenoxy) is 1. The second-order valence-corrected chi connectivity index (χ2v) is 4.59. The van der Waals surface area contributed by atoms with Gasteiger partial charge in [-0.05, 0) is 43.7 Å². The van der Waals surface area contributed by atoms with Crippen molar-refractivity contribution in [2.24, 2.45) is 0 Å². The molecule has 0 unspecified atom stereocenters. The number of nitrogens with one attached hydrogen (secondary N) is 2. The molecule has 2 N–H and O–H groups in total. The lowest BCUT2D eigenvalue weighted by atomic mass is 10.1. The van der Waals surface area contributed by atoms with Gasteiger partial charge in [-0.1, -0.05) is 0 Å². The van der Waals surface area contributed by atoms with E-state index in [0.29, 0.717) is 12.1 Å². The van der Waals surface area contributed by atoms with Gasteiger partial charge in [-0.2, -0.15) is 0 Å². The van der Waals surface area contributed by atoms with Gasteiger partial charge in [0.05, 0.1) is 0 Å². The van der Waals surface area contributed by atoms with Crippen molar-refractivity contribution in [2.75, 3.05) is 13.1 Å². The van der Waals surface area contributed by atoms with Gasteiger partial charge in [0.1, 0.15) is 5.75 Å². The first-order chi connectivity index (χ1) is 9.44. The highest BCUT2D eigenvalue weighted by Crippen LogP contribution is 2.22. The van der Waals surface area contributed by atoms with Crippen LogP contribution in [-0.4, -0.2) is 31.4 Å². The minimum atomic E-state index is -4.72. The van der Waals surface area contributed by atoms with Crippen LogP contribution in [0, 0.1) is 0 Å². The molecule has 1 saturated heterocycles. The first kappa shape index (κ1) is 14.6. The minimum absolute atomic E-state index is 0.0577. The van der Waals surface area contributed by atoms with Gasteiger partial charge in [0.2, 0.25) is 0 Å². The van der Waals surface area contributed by atoms with E-state index in [9.17, 15) is 18.0 Å². The summed E-state index contributed by atoms with van der Waals surface area (Å²) in [6.07, 6.45) is -2.84. The Morgan fingerprint density at radius 2 is 2.00 bits per heavy atom. The smallest absolute Gasteiger partial charge is 0.406 e. The summed E-state index contributed by atoms with van der Waals surface area (Å²) >= 11 is 0. The summed E-state index contributed by atoms with van der Waals surface area (Å²) in [7, 11) is 0. The molecule has 20 heavy (non-hydrogen) atoms. The zero-order valence-corrected chi connectivity index (χ0v) is 10.7. The van der Waals surface area contributed by atoms with Crippen molar-refractivity contribution in [3.63, 3.8) is 0 Å². The van der Waals surface area contributed by atoms with Gasteiger partial charge in [-0.15, -0.1) is 13.2 Å². The number of alkyl halides is 3. The van der Waals surface area contributed by atoms with Crippen molar-refractivity contribution in [1.29, 1.82) is 0 Å². The van der Waals surface area contributed by atoms with E-state index in [0.717, 1.165) is 31.5 Å². The second kappa shape index (κ2) is 6.13. The Hall–Kier alpha value is -1.76. The van der Waals surface area contributed by atoms with E-state index in [1.807, 2.05) is 0 Å². The van der Waals surface area contributed by atoms with E-state index in [1.165, 1.54) is 12.1 Å². The number of carbonyl (C=O) groups is 1. The molecule has 110 valence electrons. The highest BCUT2D eigenvalue weighted by molar-refractivity contribution is 5.94. The van der Waals surface area contributed by atoms with Crippen molar-refractivity contribution < 1.29 is 22.7 Å². The summed E-state index contributed by atoms with van der Waals surface area (Å²) in [4.78, 5) is 11.9. The van der Waals surface area contributed by atoms with Crippen LogP contribution in [0.1, 0.15) is 23.2 Å². The molecule has 1 fully saturated rings. The molecule has 0 radical (unpaired) electrons. The van der Waals surface area contributed by atoms with Crippen LogP contribution >= 0.6 is 0 Å². The summed E-state index contributed by atoms with van der Waals surface area (Å²) in [5, 5.41) is 6.01. The van der Waals surface area contributed by atoms with Crippen LogP contribution in [0.5, 0.6) is 5.75 Å². The number of amides is 1. The summed E-state index contributed by atoms with van der Waals surface area (Å²) in [6.45, 7) is 1.65. The molecule has 0 aromatic heterocycles. The van der Waals surface area contributed by atoms with E-state index >= 15 is 0 Å². The molecule has 0 bridgehead atoms. The number of hydrogen-bond acceptors (Lipinski definition) is 3. The Morgan fingerprint density at radius 3 is 2.55 bits per heavy atom. The number of halogens is 3. The molecule has 0 aliphatic carbocycles. The first-order valence-electron chi connectivity index (χ1n) is 6.31. The molecule has 0 saturated carbocycles. The van der Waals surface area contributed by atoms with Gasteiger partial charge in [0, 0.05) is 18.2 Å². The lowest BCUT2D eigenvalue weighted by molar-refractivity contribution is -0.274. The van der Waals surface area contributed by atoms with E-state index in [2.05, 4.69) is 15.4 Å². The lowest BCUT2D eigenvalue weighted by Crippen LogP contribution is -2.45. The molecule has 1 aromatic rings. The maximum atomic E-state index is 12.0. The highest BCUT2D eigenvalue weighted by atomic mass is 19.4. The number of rotatable bonds is 3. The maximum Gasteiger partial charge on any atom is 0.573 e. The zero-order chi connectivity index (χ0) is 14.6. The van der Waals surface area contributed by atoms with E-state index in [4.69, 9.17) is 0 Å². The van der Waals surface area contributed by atoms with Crippen molar-refractivity contribution >= 4 is 5.91 Å². The van der Waals surface area contributed by atoms with Crippen LogP contribution in [-0.2, 0) is 0 Å². The van der Waals surface area contributed by atoms with Gasteiger partial charge in [0.25, 0.3) is 5.91 Å². The summed E-state index contributed by atoms with van der Waals surface area (Å²) in [5.41, 5.74) is 0.310. The Labute approximate surface area is 114 Å². The standard InChI is InChI=1S/C13H15F3N2O2/c14-13(15,16)20-11-5-3-9(4-6-11)12(19)18-10-2-1-7-17-8-10/h3-6,10,17H,1-2,7-8H2,(H,18,19)/t10-/m1/s1. The van der Waals surface area contributed by atoms with E-state index < -0.39 is 6.36 Å². The molecule has 1 heterocycles. The van der Waals surface area contributed by atoms with Gasteiger partial charge >= 0.3 is 6.36 Å². The Kier molecular flexibility index (Phi) is 4.49. The van der Waals surface area contributed by atoms with E-state index in [-0.39, 0.29) is 17.7 Å². The molecule has 1 amide bonds. The summed E-state index contributed by atoms with van der Waals surface area (Å²) in [5.74, 6) is -0.634. The summed E-state index contributed by atoms with van der Waals surface area (Å²) < 4.78 is 39.7. The van der Waals surface area contributed by atoms with Crippen molar-refractivity contribution in [1.82, 2.24) is 10.6 Å². The van der Waals surface area contributed by atoms with Crippen molar-refractivity contribution in [2.45, 2.75) is 25.2 Å². The van der Waals surface area contributed by atoms with E-state index in [1.54, 1.807) is 0 Å². The monoisotopic (exact) mass is 288 g/mol. The molecular weight excluding hydrogens is 273 g/mol. The van der Waals surface area contributed by atoms with Gasteiger partial charge in [-0.25, -0.2) is 0 Å². The normalized spacial score (nSPS) is 19.4. The number of benzene rings is 1. The molecule has 1 aliphatic rings. The van der Waals surface area contributed by atoms with Crippen LogP contribution in [0.3, 0.4) is 0 Å². The third kappa shape index (κ3) is 4.41. The third-order valence-electron chi connectivity index (χ3n) is 2.98.